The number of benzene rings is 1. The van der Waals surface area contributed by atoms with Crippen molar-refractivity contribution in [1.29, 1.82) is 0 Å². The Morgan fingerprint density at radius 3 is 2.63 bits per heavy atom. The summed E-state index contributed by atoms with van der Waals surface area (Å²) >= 11 is 0. The number of rotatable bonds is 3. The Hall–Kier alpha value is -1.95. The van der Waals surface area contributed by atoms with Crippen molar-refractivity contribution < 1.29 is 9.72 Å². The summed E-state index contributed by atoms with van der Waals surface area (Å²) in [4.78, 5) is 22.6. The van der Waals surface area contributed by atoms with Crippen LogP contribution in [-0.2, 0) is 4.79 Å². The van der Waals surface area contributed by atoms with E-state index in [2.05, 4.69) is 5.32 Å². The van der Waals surface area contributed by atoms with E-state index >= 15 is 0 Å². The quantitative estimate of drug-likeness (QED) is 0.644. The van der Waals surface area contributed by atoms with Crippen molar-refractivity contribution in [2.24, 2.45) is 5.73 Å². The maximum Gasteiger partial charge on any atom is 0.293 e. The summed E-state index contributed by atoms with van der Waals surface area (Å²) in [5.74, 6) is -0.336. The maximum absolute atomic E-state index is 12.1. The SMILES string of the molecule is Cc1ccc(NC(=O)C2(N)CCCC2)c([N+](=O)[O-])c1. The topological polar surface area (TPSA) is 98.3 Å². The second-order valence-electron chi connectivity index (χ2n) is 5.10. The highest BCUT2D eigenvalue weighted by Gasteiger charge is 2.37. The Kier molecular flexibility index (Phi) is 3.53. The van der Waals surface area contributed by atoms with Crippen LogP contribution in [0, 0.1) is 17.0 Å². The summed E-state index contributed by atoms with van der Waals surface area (Å²) in [6, 6.07) is 4.71. The lowest BCUT2D eigenvalue weighted by molar-refractivity contribution is -0.384. The van der Waals surface area contributed by atoms with E-state index in [4.69, 9.17) is 5.73 Å². The molecule has 0 aromatic heterocycles. The average molecular weight is 263 g/mol. The molecule has 3 N–H and O–H groups in total. The minimum atomic E-state index is -0.890. The highest BCUT2D eigenvalue weighted by atomic mass is 16.6. The van der Waals surface area contributed by atoms with E-state index in [1.807, 2.05) is 0 Å². The summed E-state index contributed by atoms with van der Waals surface area (Å²) in [7, 11) is 0. The number of carbonyl (C=O) groups excluding carboxylic acids is 1. The van der Waals surface area contributed by atoms with Crippen LogP contribution in [0.5, 0.6) is 0 Å². The molecule has 1 aromatic rings. The lowest BCUT2D eigenvalue weighted by Crippen LogP contribution is -2.48. The molecule has 0 radical (unpaired) electrons. The summed E-state index contributed by atoms with van der Waals surface area (Å²) in [6.07, 6.45) is 3.08. The molecule has 0 aliphatic heterocycles. The fourth-order valence-corrected chi connectivity index (χ4v) is 2.38. The fraction of sp³-hybridized carbons (Fsp3) is 0.462. The van der Waals surface area contributed by atoms with Crippen LogP contribution in [0.25, 0.3) is 0 Å². The first-order valence-electron chi connectivity index (χ1n) is 6.28. The molecule has 2 rings (SSSR count). The van der Waals surface area contributed by atoms with E-state index < -0.39 is 10.5 Å². The van der Waals surface area contributed by atoms with Gasteiger partial charge < -0.3 is 11.1 Å². The first kappa shape index (κ1) is 13.5. The molecule has 0 bridgehead atoms. The summed E-state index contributed by atoms with van der Waals surface area (Å²) in [5.41, 5.74) is 6.01. The molecule has 0 saturated heterocycles. The molecule has 19 heavy (non-hydrogen) atoms. The van der Waals surface area contributed by atoms with Crippen molar-refractivity contribution in [3.63, 3.8) is 0 Å². The third-order valence-electron chi connectivity index (χ3n) is 3.55. The molecule has 1 saturated carbocycles. The minimum absolute atomic E-state index is 0.102. The van der Waals surface area contributed by atoms with Crippen LogP contribution >= 0.6 is 0 Å². The van der Waals surface area contributed by atoms with Gasteiger partial charge in [-0.3, -0.25) is 14.9 Å². The van der Waals surface area contributed by atoms with Gasteiger partial charge >= 0.3 is 0 Å². The molecule has 1 aromatic carbocycles. The van der Waals surface area contributed by atoms with Crippen molar-refractivity contribution in [3.8, 4) is 0 Å². The Balaban J connectivity index is 2.23. The van der Waals surface area contributed by atoms with Gasteiger partial charge in [-0.15, -0.1) is 0 Å². The Morgan fingerprint density at radius 1 is 1.42 bits per heavy atom. The number of nitrogens with zero attached hydrogens (tertiary/aromatic N) is 1. The van der Waals surface area contributed by atoms with Gasteiger partial charge in [-0.25, -0.2) is 0 Å². The molecule has 6 heteroatoms. The molecule has 1 fully saturated rings. The van der Waals surface area contributed by atoms with Gasteiger partial charge in [0.25, 0.3) is 5.69 Å². The number of hydrogen-bond acceptors (Lipinski definition) is 4. The van der Waals surface area contributed by atoms with Gasteiger partial charge in [-0.2, -0.15) is 0 Å². The number of nitro groups is 1. The zero-order valence-electron chi connectivity index (χ0n) is 10.8. The molecular weight excluding hydrogens is 246 g/mol. The number of nitrogens with two attached hydrogens (primary N) is 1. The van der Waals surface area contributed by atoms with E-state index in [-0.39, 0.29) is 17.3 Å². The van der Waals surface area contributed by atoms with E-state index in [9.17, 15) is 14.9 Å². The molecule has 1 aliphatic carbocycles. The van der Waals surface area contributed by atoms with E-state index in [1.54, 1.807) is 19.1 Å². The van der Waals surface area contributed by atoms with Crippen LogP contribution in [0.4, 0.5) is 11.4 Å². The molecule has 102 valence electrons. The lowest BCUT2D eigenvalue weighted by atomic mass is 9.98. The highest BCUT2D eigenvalue weighted by Crippen LogP contribution is 2.31. The van der Waals surface area contributed by atoms with Crippen LogP contribution in [0.2, 0.25) is 0 Å². The molecule has 1 aliphatic rings. The molecule has 0 unspecified atom stereocenters. The summed E-state index contributed by atoms with van der Waals surface area (Å²) in [6.45, 7) is 1.76. The van der Waals surface area contributed by atoms with Crippen molar-refractivity contribution in [1.82, 2.24) is 0 Å². The molecule has 0 spiro atoms. The number of aryl methyl sites for hydroxylation is 1. The predicted octanol–water partition coefficient (Wildman–Crippen LogP) is 2.11. The minimum Gasteiger partial charge on any atom is -0.319 e. The third-order valence-corrected chi connectivity index (χ3v) is 3.55. The monoisotopic (exact) mass is 263 g/mol. The second kappa shape index (κ2) is 4.97. The summed E-state index contributed by atoms with van der Waals surface area (Å²) in [5, 5.41) is 13.6. The molecular formula is C13H17N3O3. The van der Waals surface area contributed by atoms with Gasteiger partial charge in [-0.05, 0) is 31.4 Å². The Morgan fingerprint density at radius 2 is 2.05 bits per heavy atom. The predicted molar refractivity (Wildman–Crippen MR) is 71.8 cm³/mol. The normalized spacial score (nSPS) is 17.2. The molecule has 6 nitrogen and oxygen atoms in total. The van der Waals surface area contributed by atoms with Gasteiger partial charge in [0.2, 0.25) is 5.91 Å². The fourth-order valence-electron chi connectivity index (χ4n) is 2.38. The van der Waals surface area contributed by atoms with Gasteiger partial charge in [0, 0.05) is 6.07 Å². The third kappa shape index (κ3) is 2.73. The van der Waals surface area contributed by atoms with Gasteiger partial charge in [0.15, 0.2) is 0 Å². The van der Waals surface area contributed by atoms with Crippen LogP contribution in [0.3, 0.4) is 0 Å². The smallest absolute Gasteiger partial charge is 0.293 e. The lowest BCUT2D eigenvalue weighted by Gasteiger charge is -2.22. The summed E-state index contributed by atoms with van der Waals surface area (Å²) < 4.78 is 0. The van der Waals surface area contributed by atoms with Gasteiger partial charge in [0.1, 0.15) is 5.69 Å². The zero-order chi connectivity index (χ0) is 14.0. The first-order valence-corrected chi connectivity index (χ1v) is 6.28. The Labute approximate surface area is 111 Å². The highest BCUT2D eigenvalue weighted by molar-refractivity contribution is 5.99. The van der Waals surface area contributed by atoms with Crippen LogP contribution in [0.15, 0.2) is 18.2 Å². The Bertz CT molecular complexity index is 522. The average Bonchev–Trinajstić information content (AvgIpc) is 2.79. The number of anilines is 1. The van der Waals surface area contributed by atoms with E-state index in [0.717, 1.165) is 18.4 Å². The number of amides is 1. The largest absolute Gasteiger partial charge is 0.319 e. The maximum atomic E-state index is 12.1. The number of carbonyl (C=O) groups is 1. The van der Waals surface area contributed by atoms with Crippen molar-refractivity contribution in [3.05, 3.63) is 33.9 Å². The van der Waals surface area contributed by atoms with Crippen molar-refractivity contribution in [2.75, 3.05) is 5.32 Å². The standard InChI is InChI=1S/C13H17N3O3/c1-9-4-5-10(11(8-9)16(18)19)15-12(17)13(14)6-2-3-7-13/h4-5,8H,2-3,6-7,14H2,1H3,(H,15,17). The van der Waals surface area contributed by atoms with Gasteiger partial charge in [-0.1, -0.05) is 18.9 Å². The van der Waals surface area contributed by atoms with Crippen LogP contribution < -0.4 is 11.1 Å². The number of hydrogen-bond donors (Lipinski definition) is 2. The van der Waals surface area contributed by atoms with Gasteiger partial charge in [0.05, 0.1) is 10.5 Å². The van der Waals surface area contributed by atoms with E-state index in [0.29, 0.717) is 12.8 Å². The van der Waals surface area contributed by atoms with Crippen LogP contribution in [0.1, 0.15) is 31.2 Å². The first-order chi connectivity index (χ1) is 8.92. The number of nitrogens with one attached hydrogen (secondary N) is 1. The van der Waals surface area contributed by atoms with Crippen LogP contribution in [-0.4, -0.2) is 16.4 Å². The second-order valence-corrected chi connectivity index (χ2v) is 5.10. The molecule has 0 heterocycles. The zero-order valence-corrected chi connectivity index (χ0v) is 10.8. The number of nitro benzene ring substituents is 1. The van der Waals surface area contributed by atoms with E-state index in [1.165, 1.54) is 6.07 Å². The van der Waals surface area contributed by atoms with Crippen molar-refractivity contribution >= 4 is 17.3 Å². The van der Waals surface area contributed by atoms with Crippen molar-refractivity contribution in [2.45, 2.75) is 38.1 Å². The molecule has 0 atom stereocenters. The molecule has 1 amide bonds.